The first-order valence-corrected chi connectivity index (χ1v) is 9.19. The molecule has 0 aromatic carbocycles. The number of halogens is 1. The molecular formula is C12H21BrN2O2S2. The molecule has 1 atom stereocenters. The third-order valence-electron chi connectivity index (χ3n) is 3.16. The fourth-order valence-corrected chi connectivity index (χ4v) is 5.20. The van der Waals surface area contributed by atoms with Crippen molar-refractivity contribution in [2.24, 2.45) is 11.7 Å². The SMILES string of the molecule is Cc1sc(Br)cc1S(=O)(=O)N(C)CCC(N)C(C)C. The van der Waals surface area contributed by atoms with Crippen LogP contribution in [0.4, 0.5) is 0 Å². The van der Waals surface area contributed by atoms with E-state index in [1.165, 1.54) is 15.6 Å². The van der Waals surface area contributed by atoms with Gasteiger partial charge in [-0.25, -0.2) is 12.7 Å². The summed E-state index contributed by atoms with van der Waals surface area (Å²) < 4.78 is 27.1. The zero-order valence-corrected chi connectivity index (χ0v) is 14.9. The van der Waals surface area contributed by atoms with Crippen LogP contribution < -0.4 is 5.73 Å². The molecule has 0 aliphatic carbocycles. The van der Waals surface area contributed by atoms with Crippen molar-refractivity contribution >= 4 is 37.3 Å². The van der Waals surface area contributed by atoms with Gasteiger partial charge in [-0.15, -0.1) is 11.3 Å². The molecule has 1 unspecified atom stereocenters. The summed E-state index contributed by atoms with van der Waals surface area (Å²) in [7, 11) is -1.81. The normalized spacial score (nSPS) is 14.3. The second-order valence-electron chi connectivity index (χ2n) is 4.99. The van der Waals surface area contributed by atoms with Crippen molar-refractivity contribution in [2.45, 2.75) is 38.1 Å². The molecule has 7 heteroatoms. The average Bonchev–Trinajstić information content (AvgIpc) is 2.65. The summed E-state index contributed by atoms with van der Waals surface area (Å²) in [5, 5.41) is 0. The van der Waals surface area contributed by atoms with E-state index in [1.807, 2.05) is 20.8 Å². The van der Waals surface area contributed by atoms with Gasteiger partial charge in [0.25, 0.3) is 0 Å². The van der Waals surface area contributed by atoms with Crippen LogP contribution in [-0.2, 0) is 10.0 Å². The van der Waals surface area contributed by atoms with Crippen LogP contribution in [0.2, 0.25) is 0 Å². The highest BCUT2D eigenvalue weighted by molar-refractivity contribution is 9.11. The quantitative estimate of drug-likeness (QED) is 0.839. The lowest BCUT2D eigenvalue weighted by molar-refractivity contribution is 0.397. The number of hydrogen-bond donors (Lipinski definition) is 1. The van der Waals surface area contributed by atoms with E-state index in [0.29, 0.717) is 23.8 Å². The summed E-state index contributed by atoms with van der Waals surface area (Å²) in [6.07, 6.45) is 0.664. The van der Waals surface area contributed by atoms with Crippen LogP contribution in [0.1, 0.15) is 25.1 Å². The highest BCUT2D eigenvalue weighted by Gasteiger charge is 2.25. The summed E-state index contributed by atoms with van der Waals surface area (Å²) in [6, 6.07) is 1.68. The van der Waals surface area contributed by atoms with Crippen molar-refractivity contribution in [3.63, 3.8) is 0 Å². The maximum absolute atomic E-state index is 12.4. The number of sulfonamides is 1. The van der Waals surface area contributed by atoms with Crippen molar-refractivity contribution in [1.29, 1.82) is 0 Å². The van der Waals surface area contributed by atoms with Crippen LogP contribution in [-0.4, -0.2) is 32.4 Å². The van der Waals surface area contributed by atoms with Crippen LogP contribution in [0.5, 0.6) is 0 Å². The Bertz CT molecular complexity index is 526. The molecule has 0 saturated carbocycles. The predicted octanol–water partition coefficient (Wildman–Crippen LogP) is 2.81. The van der Waals surface area contributed by atoms with Crippen molar-refractivity contribution < 1.29 is 8.42 Å². The number of nitrogens with zero attached hydrogens (tertiary/aromatic N) is 1. The van der Waals surface area contributed by atoms with Gasteiger partial charge in [0, 0.05) is 24.5 Å². The molecule has 0 radical (unpaired) electrons. The third-order valence-corrected chi connectivity index (χ3v) is 6.83. The number of thiophene rings is 1. The predicted molar refractivity (Wildman–Crippen MR) is 84.0 cm³/mol. The molecule has 1 aromatic rings. The molecule has 1 aromatic heterocycles. The second kappa shape index (κ2) is 6.67. The zero-order valence-electron chi connectivity index (χ0n) is 11.7. The molecule has 1 rings (SSSR count). The van der Waals surface area contributed by atoms with Gasteiger partial charge in [0.1, 0.15) is 0 Å². The summed E-state index contributed by atoms with van der Waals surface area (Å²) in [4.78, 5) is 1.18. The molecule has 19 heavy (non-hydrogen) atoms. The molecule has 0 amide bonds. The Morgan fingerprint density at radius 3 is 2.47 bits per heavy atom. The lowest BCUT2D eigenvalue weighted by atomic mass is 10.0. The molecule has 1 heterocycles. The second-order valence-corrected chi connectivity index (χ2v) is 9.64. The minimum atomic E-state index is -3.41. The minimum absolute atomic E-state index is 0.0213. The molecular weight excluding hydrogens is 348 g/mol. The Morgan fingerprint density at radius 1 is 1.47 bits per heavy atom. The maximum atomic E-state index is 12.4. The lowest BCUT2D eigenvalue weighted by Gasteiger charge is -2.21. The minimum Gasteiger partial charge on any atom is -0.327 e. The van der Waals surface area contributed by atoms with E-state index in [2.05, 4.69) is 15.9 Å². The fourth-order valence-electron chi connectivity index (χ4n) is 1.64. The van der Waals surface area contributed by atoms with Crippen molar-refractivity contribution in [2.75, 3.05) is 13.6 Å². The molecule has 0 aliphatic heterocycles. The van der Waals surface area contributed by atoms with Crippen LogP contribution in [0, 0.1) is 12.8 Å². The standard InChI is InChI=1S/C12H21BrN2O2S2/c1-8(2)10(14)5-6-15(4)19(16,17)11-7-12(13)18-9(11)3/h7-8,10H,5-6,14H2,1-4H3. The first kappa shape index (κ1) is 17.1. The third kappa shape index (κ3) is 4.26. The summed E-state index contributed by atoms with van der Waals surface area (Å²) in [5.41, 5.74) is 5.95. The summed E-state index contributed by atoms with van der Waals surface area (Å²) in [6.45, 7) is 6.34. The number of nitrogens with two attached hydrogens (primary N) is 1. The van der Waals surface area contributed by atoms with Gasteiger partial charge < -0.3 is 5.73 Å². The van der Waals surface area contributed by atoms with E-state index in [9.17, 15) is 8.42 Å². The Kier molecular flexibility index (Phi) is 6.00. The molecule has 0 fully saturated rings. The smallest absolute Gasteiger partial charge is 0.243 e. The number of hydrogen-bond acceptors (Lipinski definition) is 4. The fraction of sp³-hybridized carbons (Fsp3) is 0.667. The molecule has 0 bridgehead atoms. The van der Waals surface area contributed by atoms with Gasteiger partial charge in [-0.1, -0.05) is 13.8 Å². The Hall–Kier alpha value is 0.0500. The lowest BCUT2D eigenvalue weighted by Crippen LogP contribution is -2.34. The summed E-state index contributed by atoms with van der Waals surface area (Å²) in [5.74, 6) is 0.355. The van der Waals surface area contributed by atoms with Gasteiger partial charge in [-0.3, -0.25) is 0 Å². The van der Waals surface area contributed by atoms with Gasteiger partial charge in [0.15, 0.2) is 0 Å². The first-order chi connectivity index (χ1) is 8.66. The highest BCUT2D eigenvalue weighted by Crippen LogP contribution is 2.31. The first-order valence-electron chi connectivity index (χ1n) is 6.14. The summed E-state index contributed by atoms with van der Waals surface area (Å²) >= 11 is 4.75. The van der Waals surface area contributed by atoms with E-state index in [-0.39, 0.29) is 6.04 Å². The molecule has 0 aliphatic rings. The Labute approximate surface area is 128 Å². The van der Waals surface area contributed by atoms with Gasteiger partial charge in [-0.2, -0.15) is 0 Å². The molecule has 110 valence electrons. The van der Waals surface area contributed by atoms with E-state index in [0.717, 1.165) is 8.66 Å². The largest absolute Gasteiger partial charge is 0.327 e. The molecule has 0 saturated heterocycles. The zero-order chi connectivity index (χ0) is 14.8. The van der Waals surface area contributed by atoms with Crippen LogP contribution in [0.15, 0.2) is 14.7 Å². The molecule has 2 N–H and O–H groups in total. The maximum Gasteiger partial charge on any atom is 0.243 e. The average molecular weight is 369 g/mol. The van der Waals surface area contributed by atoms with Gasteiger partial charge in [-0.05, 0) is 41.3 Å². The van der Waals surface area contributed by atoms with Gasteiger partial charge in [0.2, 0.25) is 10.0 Å². The van der Waals surface area contributed by atoms with Crippen molar-refractivity contribution in [3.05, 3.63) is 14.7 Å². The van der Waals surface area contributed by atoms with Gasteiger partial charge >= 0.3 is 0 Å². The Morgan fingerprint density at radius 2 is 2.05 bits per heavy atom. The molecule has 4 nitrogen and oxygen atoms in total. The van der Waals surface area contributed by atoms with Crippen molar-refractivity contribution in [3.8, 4) is 0 Å². The topological polar surface area (TPSA) is 63.4 Å². The monoisotopic (exact) mass is 368 g/mol. The molecule has 0 spiro atoms. The number of aryl methyl sites for hydroxylation is 1. The van der Waals surface area contributed by atoms with Crippen LogP contribution in [0.25, 0.3) is 0 Å². The van der Waals surface area contributed by atoms with E-state index in [1.54, 1.807) is 13.1 Å². The van der Waals surface area contributed by atoms with Gasteiger partial charge in [0.05, 0.1) is 8.68 Å². The Balaban J connectivity index is 2.81. The van der Waals surface area contributed by atoms with E-state index < -0.39 is 10.0 Å². The van der Waals surface area contributed by atoms with Crippen LogP contribution in [0.3, 0.4) is 0 Å². The van der Waals surface area contributed by atoms with E-state index in [4.69, 9.17) is 5.73 Å². The highest BCUT2D eigenvalue weighted by atomic mass is 79.9. The number of rotatable bonds is 6. The van der Waals surface area contributed by atoms with E-state index >= 15 is 0 Å². The van der Waals surface area contributed by atoms with Crippen molar-refractivity contribution in [1.82, 2.24) is 4.31 Å². The van der Waals surface area contributed by atoms with Crippen LogP contribution >= 0.6 is 27.3 Å².